The topological polar surface area (TPSA) is 83.7 Å². The summed E-state index contributed by atoms with van der Waals surface area (Å²) < 4.78 is 22.4. The zero-order valence-corrected chi connectivity index (χ0v) is 16.4. The average Bonchev–Trinajstić information content (AvgIpc) is 3.16. The zero-order valence-electron chi connectivity index (χ0n) is 14.8. The highest BCUT2D eigenvalue weighted by molar-refractivity contribution is 9.10. The van der Waals surface area contributed by atoms with Gasteiger partial charge in [0.2, 0.25) is 5.89 Å². The molecular formula is C19H17BrN2O5. The summed E-state index contributed by atoms with van der Waals surface area (Å²) >= 11 is 3.37. The summed E-state index contributed by atoms with van der Waals surface area (Å²) in [5, 5.41) is 7.87. The molecule has 0 unspecified atom stereocenters. The van der Waals surface area contributed by atoms with Crippen LogP contribution in [0, 0.1) is 0 Å². The number of esters is 1. The van der Waals surface area contributed by atoms with Gasteiger partial charge in [0, 0.05) is 10.0 Å². The third-order valence-corrected chi connectivity index (χ3v) is 4.11. The van der Waals surface area contributed by atoms with Gasteiger partial charge in [-0.15, -0.1) is 10.2 Å². The van der Waals surface area contributed by atoms with Crippen LogP contribution in [0.15, 0.2) is 51.4 Å². The molecule has 0 N–H and O–H groups in total. The fraction of sp³-hybridized carbons (Fsp3) is 0.211. The smallest absolute Gasteiger partial charge is 0.338 e. The predicted octanol–water partition coefficient (Wildman–Crippen LogP) is 4.26. The van der Waals surface area contributed by atoms with E-state index in [4.69, 9.17) is 18.6 Å². The Balaban J connectivity index is 1.65. The average molecular weight is 433 g/mol. The van der Waals surface area contributed by atoms with Crippen LogP contribution in [0.25, 0.3) is 11.5 Å². The van der Waals surface area contributed by atoms with Gasteiger partial charge in [0.1, 0.15) is 0 Å². The molecule has 0 fully saturated rings. The van der Waals surface area contributed by atoms with E-state index < -0.39 is 5.97 Å². The molecule has 0 bridgehead atoms. The number of carbonyl (C=O) groups excluding carboxylic acids is 1. The highest BCUT2D eigenvalue weighted by Gasteiger charge is 2.15. The summed E-state index contributed by atoms with van der Waals surface area (Å²) in [4.78, 5) is 12.3. The lowest BCUT2D eigenvalue weighted by Gasteiger charge is -2.10. The van der Waals surface area contributed by atoms with E-state index in [1.165, 1.54) is 7.11 Å². The van der Waals surface area contributed by atoms with E-state index in [0.29, 0.717) is 29.6 Å². The number of hydrogen-bond donors (Lipinski definition) is 0. The van der Waals surface area contributed by atoms with Crippen molar-refractivity contribution < 1.29 is 23.4 Å². The molecule has 0 radical (unpaired) electrons. The van der Waals surface area contributed by atoms with E-state index in [-0.39, 0.29) is 12.5 Å². The quantitative estimate of drug-likeness (QED) is 0.515. The number of carbonyl (C=O) groups is 1. The molecule has 0 aliphatic carbocycles. The largest absolute Gasteiger partial charge is 0.493 e. The number of hydrogen-bond acceptors (Lipinski definition) is 7. The van der Waals surface area contributed by atoms with Gasteiger partial charge in [0.25, 0.3) is 5.89 Å². The molecule has 0 saturated heterocycles. The van der Waals surface area contributed by atoms with Crippen molar-refractivity contribution in [3.63, 3.8) is 0 Å². The van der Waals surface area contributed by atoms with Gasteiger partial charge in [-0.3, -0.25) is 0 Å². The zero-order chi connectivity index (χ0) is 19.2. The summed E-state index contributed by atoms with van der Waals surface area (Å²) in [6.45, 7) is 2.24. The summed E-state index contributed by atoms with van der Waals surface area (Å²) in [6.07, 6.45) is 0. The van der Waals surface area contributed by atoms with Gasteiger partial charge in [-0.05, 0) is 49.4 Å². The molecule has 1 aromatic heterocycles. The molecule has 8 heteroatoms. The maximum atomic E-state index is 12.3. The maximum Gasteiger partial charge on any atom is 0.338 e. The van der Waals surface area contributed by atoms with Crippen LogP contribution in [0.1, 0.15) is 23.2 Å². The second kappa shape index (κ2) is 8.68. The number of methoxy groups -OCH3 is 1. The van der Waals surface area contributed by atoms with Crippen molar-refractivity contribution in [1.82, 2.24) is 10.2 Å². The van der Waals surface area contributed by atoms with Crippen LogP contribution in [0.2, 0.25) is 0 Å². The highest BCUT2D eigenvalue weighted by atomic mass is 79.9. The third kappa shape index (κ3) is 4.65. The fourth-order valence-electron chi connectivity index (χ4n) is 2.30. The van der Waals surface area contributed by atoms with Crippen LogP contribution in [0.3, 0.4) is 0 Å². The first-order valence-corrected chi connectivity index (χ1v) is 8.96. The first-order chi connectivity index (χ1) is 13.1. The predicted molar refractivity (Wildman–Crippen MR) is 101 cm³/mol. The molecule has 27 heavy (non-hydrogen) atoms. The number of ether oxygens (including phenoxy) is 3. The Bertz CT molecular complexity index is 924. The molecule has 0 spiro atoms. The van der Waals surface area contributed by atoms with Gasteiger partial charge < -0.3 is 18.6 Å². The minimum atomic E-state index is -0.528. The molecule has 3 aromatic rings. The highest BCUT2D eigenvalue weighted by Crippen LogP contribution is 2.28. The standard InChI is InChI=1S/C19H17BrN2O5/c1-3-25-15-9-6-13(10-16(15)24-2)19(23)26-11-17-21-22-18(27-17)12-4-7-14(20)8-5-12/h4-10H,3,11H2,1-2H3. The molecule has 0 saturated carbocycles. The van der Waals surface area contributed by atoms with Crippen molar-refractivity contribution in [2.24, 2.45) is 0 Å². The van der Waals surface area contributed by atoms with E-state index in [9.17, 15) is 4.79 Å². The Hall–Kier alpha value is -2.87. The van der Waals surface area contributed by atoms with E-state index in [1.54, 1.807) is 18.2 Å². The molecule has 0 aliphatic rings. The molecular weight excluding hydrogens is 416 g/mol. The summed E-state index contributed by atoms with van der Waals surface area (Å²) in [5.41, 5.74) is 1.11. The van der Waals surface area contributed by atoms with Crippen LogP contribution in [-0.2, 0) is 11.3 Å². The maximum absolute atomic E-state index is 12.3. The molecule has 0 aliphatic heterocycles. The normalized spacial score (nSPS) is 10.5. The van der Waals surface area contributed by atoms with Gasteiger partial charge in [0.15, 0.2) is 18.1 Å². The van der Waals surface area contributed by atoms with Crippen molar-refractivity contribution in [2.45, 2.75) is 13.5 Å². The van der Waals surface area contributed by atoms with E-state index in [1.807, 2.05) is 31.2 Å². The molecule has 0 atom stereocenters. The second-order valence-electron chi connectivity index (χ2n) is 5.38. The van der Waals surface area contributed by atoms with Crippen LogP contribution in [0.4, 0.5) is 0 Å². The third-order valence-electron chi connectivity index (χ3n) is 3.58. The number of halogens is 1. The monoisotopic (exact) mass is 432 g/mol. The molecule has 7 nitrogen and oxygen atoms in total. The van der Waals surface area contributed by atoms with E-state index >= 15 is 0 Å². The minimum absolute atomic E-state index is 0.127. The molecule has 2 aromatic carbocycles. The first kappa shape index (κ1) is 18.9. The first-order valence-electron chi connectivity index (χ1n) is 8.17. The summed E-state index contributed by atoms with van der Waals surface area (Å²) in [6, 6.07) is 12.3. The van der Waals surface area contributed by atoms with Crippen molar-refractivity contribution in [2.75, 3.05) is 13.7 Å². The Kier molecular flexibility index (Phi) is 6.08. The lowest BCUT2D eigenvalue weighted by Crippen LogP contribution is -2.06. The summed E-state index contributed by atoms with van der Waals surface area (Å²) in [7, 11) is 1.51. The molecule has 3 rings (SSSR count). The van der Waals surface area contributed by atoms with Crippen LogP contribution in [0.5, 0.6) is 11.5 Å². The van der Waals surface area contributed by atoms with E-state index in [2.05, 4.69) is 26.1 Å². The van der Waals surface area contributed by atoms with Crippen molar-refractivity contribution in [3.05, 3.63) is 58.4 Å². The fourth-order valence-corrected chi connectivity index (χ4v) is 2.57. The molecule has 0 amide bonds. The Morgan fingerprint density at radius 2 is 1.89 bits per heavy atom. The lowest BCUT2D eigenvalue weighted by molar-refractivity contribution is 0.0438. The Morgan fingerprint density at radius 3 is 2.59 bits per heavy atom. The van der Waals surface area contributed by atoms with Crippen LogP contribution in [-0.4, -0.2) is 29.9 Å². The lowest BCUT2D eigenvalue weighted by atomic mass is 10.2. The number of benzene rings is 2. The van der Waals surface area contributed by atoms with Gasteiger partial charge in [-0.1, -0.05) is 15.9 Å². The van der Waals surface area contributed by atoms with Crippen molar-refractivity contribution in [3.8, 4) is 23.0 Å². The SMILES string of the molecule is CCOc1ccc(C(=O)OCc2nnc(-c3ccc(Br)cc3)o2)cc1OC. The Labute approximate surface area is 164 Å². The summed E-state index contributed by atoms with van der Waals surface area (Å²) in [5.74, 6) is 1.06. The number of aromatic nitrogens is 2. The van der Waals surface area contributed by atoms with Crippen LogP contribution >= 0.6 is 15.9 Å². The van der Waals surface area contributed by atoms with Crippen LogP contribution < -0.4 is 9.47 Å². The van der Waals surface area contributed by atoms with E-state index in [0.717, 1.165) is 10.0 Å². The van der Waals surface area contributed by atoms with Crippen molar-refractivity contribution in [1.29, 1.82) is 0 Å². The second-order valence-corrected chi connectivity index (χ2v) is 6.30. The molecule has 140 valence electrons. The van der Waals surface area contributed by atoms with Gasteiger partial charge in [-0.2, -0.15) is 0 Å². The number of rotatable bonds is 7. The minimum Gasteiger partial charge on any atom is -0.493 e. The van der Waals surface area contributed by atoms with Gasteiger partial charge >= 0.3 is 5.97 Å². The van der Waals surface area contributed by atoms with Gasteiger partial charge in [-0.25, -0.2) is 4.79 Å². The number of nitrogens with zero attached hydrogens (tertiary/aromatic N) is 2. The van der Waals surface area contributed by atoms with Gasteiger partial charge in [0.05, 0.1) is 19.3 Å². The van der Waals surface area contributed by atoms with Crippen molar-refractivity contribution >= 4 is 21.9 Å². The molecule has 1 heterocycles. The Morgan fingerprint density at radius 1 is 1.11 bits per heavy atom.